The van der Waals surface area contributed by atoms with E-state index in [1.165, 1.54) is 11.1 Å². The first-order valence-corrected chi connectivity index (χ1v) is 7.42. The van der Waals surface area contributed by atoms with Crippen LogP contribution < -0.4 is 5.73 Å². The Bertz CT molecular complexity index is 548. The van der Waals surface area contributed by atoms with Gasteiger partial charge in [0.1, 0.15) is 5.82 Å². The summed E-state index contributed by atoms with van der Waals surface area (Å²) in [5.41, 5.74) is 8.74. The van der Waals surface area contributed by atoms with Crippen molar-refractivity contribution in [1.29, 1.82) is 0 Å². The minimum Gasteiger partial charge on any atom is -0.335 e. The lowest BCUT2D eigenvalue weighted by Gasteiger charge is -2.15. The van der Waals surface area contributed by atoms with E-state index in [0.29, 0.717) is 0 Å². The molecule has 0 fully saturated rings. The molecule has 4 heteroatoms. The normalized spacial score (nSPS) is 12.6. The van der Waals surface area contributed by atoms with Gasteiger partial charge in [0, 0.05) is 35.9 Å². The maximum Gasteiger partial charge on any atom is 0.110 e. The first-order valence-electron chi connectivity index (χ1n) is 6.63. The molecule has 1 aromatic carbocycles. The number of nitrogens with zero attached hydrogens (tertiary/aromatic N) is 2. The van der Waals surface area contributed by atoms with E-state index in [1.807, 2.05) is 18.5 Å². The summed E-state index contributed by atoms with van der Waals surface area (Å²) in [4.78, 5) is 4.42. The summed E-state index contributed by atoms with van der Waals surface area (Å²) in [7, 11) is 0. The van der Waals surface area contributed by atoms with Crippen molar-refractivity contribution in [2.45, 2.75) is 39.3 Å². The van der Waals surface area contributed by atoms with Crippen molar-refractivity contribution in [2.24, 2.45) is 5.73 Å². The monoisotopic (exact) mass is 321 g/mol. The summed E-state index contributed by atoms with van der Waals surface area (Å²) in [6, 6.07) is 6.23. The van der Waals surface area contributed by atoms with E-state index < -0.39 is 0 Å². The van der Waals surface area contributed by atoms with Crippen LogP contribution in [0.2, 0.25) is 0 Å². The molecule has 1 aromatic heterocycles. The molecule has 2 N–H and O–H groups in total. The number of benzene rings is 1. The minimum atomic E-state index is -0.00824. The van der Waals surface area contributed by atoms with E-state index in [-0.39, 0.29) is 6.04 Å². The van der Waals surface area contributed by atoms with Crippen molar-refractivity contribution in [3.05, 3.63) is 52.0 Å². The largest absolute Gasteiger partial charge is 0.335 e. The average molecular weight is 322 g/mol. The SMILES string of the molecule is CCCn1ccnc1CC(N)c1ccc(Br)cc1C. The second-order valence-electron chi connectivity index (χ2n) is 4.85. The Morgan fingerprint density at radius 3 is 2.89 bits per heavy atom. The quantitative estimate of drug-likeness (QED) is 0.914. The number of hydrogen-bond donors (Lipinski definition) is 1. The average Bonchev–Trinajstić information content (AvgIpc) is 2.77. The molecule has 1 atom stereocenters. The first-order chi connectivity index (χ1) is 9.11. The standard InChI is InChI=1S/C15H20BrN3/c1-3-7-19-8-6-18-15(19)10-14(17)13-5-4-12(16)9-11(13)2/h4-6,8-9,14H,3,7,10,17H2,1-2H3. The van der Waals surface area contributed by atoms with Crippen LogP contribution in [0.3, 0.4) is 0 Å². The van der Waals surface area contributed by atoms with Crippen LogP contribution in [0.25, 0.3) is 0 Å². The van der Waals surface area contributed by atoms with Crippen molar-refractivity contribution < 1.29 is 0 Å². The Hall–Kier alpha value is -1.13. The van der Waals surface area contributed by atoms with Gasteiger partial charge >= 0.3 is 0 Å². The van der Waals surface area contributed by atoms with Crippen LogP contribution in [0.15, 0.2) is 35.1 Å². The number of halogens is 1. The summed E-state index contributed by atoms with van der Waals surface area (Å²) in [5, 5.41) is 0. The minimum absolute atomic E-state index is 0.00824. The highest BCUT2D eigenvalue weighted by molar-refractivity contribution is 9.10. The van der Waals surface area contributed by atoms with Gasteiger partial charge in [0.25, 0.3) is 0 Å². The van der Waals surface area contributed by atoms with E-state index in [4.69, 9.17) is 5.73 Å². The first kappa shape index (κ1) is 14.3. The van der Waals surface area contributed by atoms with E-state index in [9.17, 15) is 0 Å². The molecule has 0 saturated carbocycles. The van der Waals surface area contributed by atoms with Crippen LogP contribution in [-0.4, -0.2) is 9.55 Å². The van der Waals surface area contributed by atoms with E-state index in [2.05, 4.69) is 51.5 Å². The number of aromatic nitrogens is 2. The van der Waals surface area contributed by atoms with Crippen LogP contribution in [0, 0.1) is 6.92 Å². The zero-order valence-electron chi connectivity index (χ0n) is 11.4. The molecule has 0 spiro atoms. The smallest absolute Gasteiger partial charge is 0.110 e. The Balaban J connectivity index is 2.16. The molecular formula is C15H20BrN3. The Morgan fingerprint density at radius 1 is 1.42 bits per heavy atom. The van der Waals surface area contributed by atoms with Gasteiger partial charge in [-0.25, -0.2) is 4.98 Å². The van der Waals surface area contributed by atoms with Crippen LogP contribution in [0.4, 0.5) is 0 Å². The lowest BCUT2D eigenvalue weighted by Crippen LogP contribution is -2.17. The van der Waals surface area contributed by atoms with Gasteiger partial charge in [-0.15, -0.1) is 0 Å². The highest BCUT2D eigenvalue weighted by atomic mass is 79.9. The fraction of sp³-hybridized carbons (Fsp3) is 0.400. The molecule has 2 rings (SSSR count). The molecule has 1 unspecified atom stereocenters. The molecule has 2 aromatic rings. The fourth-order valence-electron chi connectivity index (χ4n) is 2.34. The van der Waals surface area contributed by atoms with Crippen LogP contribution in [0.1, 0.15) is 36.3 Å². The van der Waals surface area contributed by atoms with Crippen molar-refractivity contribution in [3.63, 3.8) is 0 Å². The molecule has 0 amide bonds. The van der Waals surface area contributed by atoms with Crippen molar-refractivity contribution in [2.75, 3.05) is 0 Å². The van der Waals surface area contributed by atoms with Crippen LogP contribution in [0.5, 0.6) is 0 Å². The van der Waals surface area contributed by atoms with Gasteiger partial charge in [0.15, 0.2) is 0 Å². The molecule has 19 heavy (non-hydrogen) atoms. The number of rotatable bonds is 5. The third-order valence-corrected chi connectivity index (χ3v) is 3.79. The van der Waals surface area contributed by atoms with Crippen molar-refractivity contribution in [1.82, 2.24) is 9.55 Å². The Kier molecular flexibility index (Phi) is 4.77. The topological polar surface area (TPSA) is 43.8 Å². The third-order valence-electron chi connectivity index (χ3n) is 3.30. The number of hydrogen-bond acceptors (Lipinski definition) is 2. The summed E-state index contributed by atoms with van der Waals surface area (Å²) >= 11 is 3.48. The van der Waals surface area contributed by atoms with Gasteiger partial charge in [-0.3, -0.25) is 0 Å². The molecular weight excluding hydrogens is 302 g/mol. The fourth-order valence-corrected chi connectivity index (χ4v) is 2.81. The van der Waals surface area contributed by atoms with E-state index in [0.717, 1.165) is 29.7 Å². The molecule has 0 radical (unpaired) electrons. The van der Waals surface area contributed by atoms with Crippen molar-refractivity contribution >= 4 is 15.9 Å². The summed E-state index contributed by atoms with van der Waals surface area (Å²) < 4.78 is 3.28. The van der Waals surface area contributed by atoms with Gasteiger partial charge in [0.05, 0.1) is 0 Å². The summed E-state index contributed by atoms with van der Waals surface area (Å²) in [6.45, 7) is 5.27. The summed E-state index contributed by atoms with van der Waals surface area (Å²) in [6.07, 6.45) is 5.76. The molecule has 0 bridgehead atoms. The molecule has 3 nitrogen and oxygen atoms in total. The molecule has 0 aliphatic heterocycles. The second kappa shape index (κ2) is 6.35. The molecule has 0 aliphatic carbocycles. The van der Waals surface area contributed by atoms with Gasteiger partial charge in [0.2, 0.25) is 0 Å². The van der Waals surface area contributed by atoms with E-state index in [1.54, 1.807) is 0 Å². The second-order valence-corrected chi connectivity index (χ2v) is 5.76. The van der Waals surface area contributed by atoms with Gasteiger partial charge in [-0.2, -0.15) is 0 Å². The highest BCUT2D eigenvalue weighted by Crippen LogP contribution is 2.22. The highest BCUT2D eigenvalue weighted by Gasteiger charge is 2.13. The third kappa shape index (κ3) is 3.45. The number of aryl methyl sites for hydroxylation is 2. The lowest BCUT2D eigenvalue weighted by atomic mass is 9.99. The predicted molar refractivity (Wildman–Crippen MR) is 82.0 cm³/mol. The molecule has 102 valence electrons. The van der Waals surface area contributed by atoms with Gasteiger partial charge in [-0.05, 0) is 36.6 Å². The molecule has 0 aliphatic rings. The van der Waals surface area contributed by atoms with Crippen LogP contribution in [-0.2, 0) is 13.0 Å². The van der Waals surface area contributed by atoms with Crippen LogP contribution >= 0.6 is 15.9 Å². The lowest BCUT2D eigenvalue weighted by molar-refractivity contribution is 0.597. The molecule has 0 saturated heterocycles. The Morgan fingerprint density at radius 2 is 2.21 bits per heavy atom. The number of imidazole rings is 1. The maximum atomic E-state index is 6.33. The van der Waals surface area contributed by atoms with Gasteiger partial charge < -0.3 is 10.3 Å². The Labute approximate surface area is 123 Å². The zero-order valence-corrected chi connectivity index (χ0v) is 13.0. The van der Waals surface area contributed by atoms with Gasteiger partial charge in [-0.1, -0.05) is 28.9 Å². The van der Waals surface area contributed by atoms with E-state index >= 15 is 0 Å². The van der Waals surface area contributed by atoms with Crippen molar-refractivity contribution in [3.8, 4) is 0 Å². The summed E-state index contributed by atoms with van der Waals surface area (Å²) in [5.74, 6) is 1.07. The predicted octanol–water partition coefficient (Wildman–Crippen LogP) is 3.61. The maximum absolute atomic E-state index is 6.33. The molecule has 1 heterocycles. The number of nitrogens with two attached hydrogens (primary N) is 1. The zero-order chi connectivity index (χ0) is 13.8.